The van der Waals surface area contributed by atoms with Crippen molar-refractivity contribution in [3.8, 4) is 0 Å². The van der Waals surface area contributed by atoms with Gasteiger partial charge < -0.3 is 0 Å². The van der Waals surface area contributed by atoms with Crippen LogP contribution in [-0.4, -0.2) is 10.3 Å². The van der Waals surface area contributed by atoms with Crippen molar-refractivity contribution in [3.63, 3.8) is 0 Å². The number of thiocarbonyl (C=S) groups is 1. The average Bonchev–Trinajstić information content (AvgIpc) is 2.05. The Hall–Kier alpha value is -1.29. The van der Waals surface area contributed by atoms with E-state index in [9.17, 15) is 10.1 Å². The molecule has 0 spiro atoms. The van der Waals surface area contributed by atoms with Crippen LogP contribution in [0.25, 0.3) is 0 Å². The minimum atomic E-state index is -0.462. The van der Waals surface area contributed by atoms with E-state index in [1.165, 1.54) is 12.1 Å². The van der Waals surface area contributed by atoms with E-state index in [1.807, 2.05) is 0 Å². The van der Waals surface area contributed by atoms with Crippen molar-refractivity contribution >= 4 is 23.3 Å². The highest BCUT2D eigenvalue weighted by atomic mass is 32.1. The number of nitro groups is 1. The number of nitrogens with zero attached hydrogens (tertiary/aromatic N) is 1. The van der Waals surface area contributed by atoms with Crippen LogP contribution in [0.4, 0.5) is 5.69 Å². The topological polar surface area (TPSA) is 43.1 Å². The van der Waals surface area contributed by atoms with E-state index in [-0.39, 0.29) is 5.69 Å². The van der Waals surface area contributed by atoms with Gasteiger partial charge in [0.1, 0.15) is 0 Å². The van der Waals surface area contributed by atoms with E-state index in [0.29, 0.717) is 5.56 Å². The lowest BCUT2D eigenvalue weighted by Crippen LogP contribution is -1.88. The molecule has 0 fully saturated rings. The van der Waals surface area contributed by atoms with Gasteiger partial charge in [0.25, 0.3) is 5.69 Å². The Morgan fingerprint density at radius 2 is 2.27 bits per heavy atom. The molecule has 0 aliphatic rings. The summed E-state index contributed by atoms with van der Waals surface area (Å²) in [5.41, 5.74) is 0.606. The highest BCUT2D eigenvalue weighted by Crippen LogP contribution is 2.11. The number of nitro benzene ring substituents is 1. The summed E-state index contributed by atoms with van der Waals surface area (Å²) in [7, 11) is 0. The average molecular weight is 166 g/mol. The molecule has 1 rings (SSSR count). The second-order valence-electron chi connectivity index (χ2n) is 1.91. The lowest BCUT2D eigenvalue weighted by molar-refractivity contribution is -0.384. The zero-order valence-electron chi connectivity index (χ0n) is 5.48. The van der Waals surface area contributed by atoms with Gasteiger partial charge in [-0.2, -0.15) is 0 Å². The Morgan fingerprint density at radius 1 is 1.55 bits per heavy atom. The number of hydrogen-bond acceptors (Lipinski definition) is 3. The van der Waals surface area contributed by atoms with Gasteiger partial charge in [0.2, 0.25) is 0 Å². The SMILES string of the molecule is O=[N+]([O-])c1cccc([C]=S)c1. The van der Waals surface area contributed by atoms with E-state index in [0.717, 1.165) is 0 Å². The summed E-state index contributed by atoms with van der Waals surface area (Å²) < 4.78 is 0. The van der Waals surface area contributed by atoms with Gasteiger partial charge in [0.05, 0.1) is 10.3 Å². The first-order valence-electron chi connectivity index (χ1n) is 2.86. The van der Waals surface area contributed by atoms with Crippen LogP contribution >= 0.6 is 12.2 Å². The van der Waals surface area contributed by atoms with E-state index in [2.05, 4.69) is 17.6 Å². The lowest BCUT2D eigenvalue weighted by atomic mass is 10.2. The van der Waals surface area contributed by atoms with Crippen LogP contribution in [0.2, 0.25) is 0 Å². The molecule has 0 atom stereocenters. The number of rotatable bonds is 2. The van der Waals surface area contributed by atoms with Crippen molar-refractivity contribution in [2.24, 2.45) is 0 Å². The largest absolute Gasteiger partial charge is 0.270 e. The second-order valence-corrected chi connectivity index (χ2v) is 2.11. The molecule has 1 radical (unpaired) electrons. The first-order valence-corrected chi connectivity index (χ1v) is 3.27. The molecule has 0 aromatic heterocycles. The molecule has 0 saturated heterocycles. The monoisotopic (exact) mass is 166 g/mol. The third-order valence-corrected chi connectivity index (χ3v) is 1.41. The molecule has 0 aliphatic carbocycles. The number of non-ortho nitro benzene ring substituents is 1. The summed E-state index contributed by atoms with van der Waals surface area (Å²) in [6, 6.07) is 6.04. The maximum Gasteiger partial charge on any atom is 0.270 e. The van der Waals surface area contributed by atoms with Gasteiger partial charge in [-0.25, -0.2) is 0 Å². The Bertz CT molecular complexity index is 298. The molecular weight excluding hydrogens is 162 g/mol. The summed E-state index contributed by atoms with van der Waals surface area (Å²) >= 11 is 4.49. The Labute approximate surface area is 68.8 Å². The van der Waals surface area contributed by atoms with Crippen LogP contribution in [0.3, 0.4) is 0 Å². The van der Waals surface area contributed by atoms with Crippen molar-refractivity contribution in [3.05, 3.63) is 39.9 Å². The highest BCUT2D eigenvalue weighted by Gasteiger charge is 2.03. The predicted molar refractivity (Wildman–Crippen MR) is 44.8 cm³/mol. The molecule has 0 aliphatic heterocycles. The number of hydrogen-bond donors (Lipinski definition) is 0. The van der Waals surface area contributed by atoms with Crippen molar-refractivity contribution < 1.29 is 4.92 Å². The lowest BCUT2D eigenvalue weighted by Gasteiger charge is -1.90. The molecule has 4 heteroatoms. The van der Waals surface area contributed by atoms with Crippen molar-refractivity contribution in [1.29, 1.82) is 0 Å². The molecule has 1 aromatic carbocycles. The van der Waals surface area contributed by atoms with Crippen LogP contribution in [0.5, 0.6) is 0 Å². The zero-order chi connectivity index (χ0) is 8.27. The van der Waals surface area contributed by atoms with Crippen LogP contribution < -0.4 is 0 Å². The molecule has 0 heterocycles. The summed E-state index contributed by atoms with van der Waals surface area (Å²) in [6.45, 7) is 0. The standard InChI is InChI=1S/C7H4NO2S/c9-8(10)7-3-1-2-6(4-7)5-11/h1-4H. The number of benzene rings is 1. The van der Waals surface area contributed by atoms with Crippen LogP contribution in [0, 0.1) is 10.1 Å². The van der Waals surface area contributed by atoms with Crippen molar-refractivity contribution in [2.75, 3.05) is 0 Å². The summed E-state index contributed by atoms with van der Waals surface area (Å²) in [4.78, 5) is 9.75. The van der Waals surface area contributed by atoms with Gasteiger partial charge in [-0.1, -0.05) is 24.4 Å². The van der Waals surface area contributed by atoms with Crippen LogP contribution in [0.15, 0.2) is 24.3 Å². The first-order chi connectivity index (χ1) is 5.24. The maximum absolute atomic E-state index is 10.2. The van der Waals surface area contributed by atoms with Gasteiger partial charge >= 0.3 is 0 Å². The quantitative estimate of drug-likeness (QED) is 0.382. The van der Waals surface area contributed by atoms with Gasteiger partial charge in [0.15, 0.2) is 0 Å². The molecule has 0 N–H and O–H groups in total. The molecule has 0 bridgehead atoms. The fourth-order valence-electron chi connectivity index (χ4n) is 0.683. The molecule has 3 nitrogen and oxygen atoms in total. The van der Waals surface area contributed by atoms with E-state index >= 15 is 0 Å². The molecule has 11 heavy (non-hydrogen) atoms. The molecular formula is C7H4NO2S. The minimum absolute atomic E-state index is 0.0415. The fraction of sp³-hybridized carbons (Fsp3) is 0. The van der Waals surface area contributed by atoms with Crippen LogP contribution in [0.1, 0.15) is 5.56 Å². The smallest absolute Gasteiger partial charge is 0.258 e. The van der Waals surface area contributed by atoms with Gasteiger partial charge in [0, 0.05) is 17.7 Å². The Balaban J connectivity index is 3.10. The van der Waals surface area contributed by atoms with Gasteiger partial charge in [-0.3, -0.25) is 10.1 Å². The Kier molecular flexibility index (Phi) is 2.28. The second kappa shape index (κ2) is 3.21. The van der Waals surface area contributed by atoms with Crippen LogP contribution in [-0.2, 0) is 0 Å². The molecule has 0 unspecified atom stereocenters. The highest BCUT2D eigenvalue weighted by molar-refractivity contribution is 7.79. The fourth-order valence-corrected chi connectivity index (χ4v) is 0.810. The van der Waals surface area contributed by atoms with Crippen molar-refractivity contribution in [2.45, 2.75) is 0 Å². The van der Waals surface area contributed by atoms with Crippen molar-refractivity contribution in [1.82, 2.24) is 0 Å². The predicted octanol–water partition coefficient (Wildman–Crippen LogP) is 1.82. The molecule has 1 aromatic rings. The van der Waals surface area contributed by atoms with Gasteiger partial charge in [-0.15, -0.1) is 0 Å². The third-order valence-electron chi connectivity index (χ3n) is 1.17. The van der Waals surface area contributed by atoms with E-state index < -0.39 is 4.92 Å². The van der Waals surface area contributed by atoms with Gasteiger partial charge in [-0.05, 0) is 0 Å². The van der Waals surface area contributed by atoms with E-state index in [4.69, 9.17) is 0 Å². The maximum atomic E-state index is 10.2. The molecule has 0 amide bonds. The summed E-state index contributed by atoms with van der Waals surface area (Å²) in [6.07, 6.45) is 0. The zero-order valence-corrected chi connectivity index (χ0v) is 6.30. The molecule has 55 valence electrons. The summed E-state index contributed by atoms with van der Waals surface area (Å²) in [5.74, 6) is 0. The Morgan fingerprint density at radius 3 is 2.82 bits per heavy atom. The first kappa shape index (κ1) is 7.81. The third kappa shape index (κ3) is 1.81. The summed E-state index contributed by atoms with van der Waals surface area (Å²) in [5, 5.41) is 12.6. The molecule has 0 saturated carbocycles. The van der Waals surface area contributed by atoms with E-state index in [1.54, 1.807) is 12.1 Å². The normalized spacial score (nSPS) is 9.09. The minimum Gasteiger partial charge on any atom is -0.258 e.